The summed E-state index contributed by atoms with van der Waals surface area (Å²) in [5.74, 6) is -3.01. The Morgan fingerprint density at radius 3 is 2.70 bits per heavy atom. The Bertz CT molecular complexity index is 1140. The van der Waals surface area contributed by atoms with Gasteiger partial charge in [-0.15, -0.1) is 0 Å². The number of hydrogen-bond acceptors (Lipinski definition) is 6. The second-order valence-corrected chi connectivity index (χ2v) is 7.14. The van der Waals surface area contributed by atoms with Crippen LogP contribution in [0.4, 0.5) is 28.0 Å². The Labute approximate surface area is 188 Å². The van der Waals surface area contributed by atoms with Crippen LogP contribution >= 0.6 is 11.6 Å². The average Bonchev–Trinajstić information content (AvgIpc) is 2.70. The summed E-state index contributed by atoms with van der Waals surface area (Å²) in [7, 11) is 0.487. The number of halogens is 5. The molecule has 0 fully saturated rings. The van der Waals surface area contributed by atoms with Crippen LogP contribution < -0.4 is 14.4 Å². The summed E-state index contributed by atoms with van der Waals surface area (Å²) in [6, 6.07) is 2.82. The Balaban J connectivity index is 1.98. The number of anilines is 1. The summed E-state index contributed by atoms with van der Waals surface area (Å²) in [6.07, 6.45) is -3.29. The molecule has 2 amide bonds. The van der Waals surface area contributed by atoms with Gasteiger partial charge in [-0.1, -0.05) is 11.6 Å². The normalized spacial score (nSPS) is 18.7. The highest BCUT2D eigenvalue weighted by Gasteiger charge is 2.51. The number of carbonyl (C=O) groups is 2. The van der Waals surface area contributed by atoms with Crippen LogP contribution in [0.15, 0.2) is 42.2 Å². The first-order valence-corrected chi connectivity index (χ1v) is 9.34. The van der Waals surface area contributed by atoms with Gasteiger partial charge in [0.15, 0.2) is 12.4 Å². The molecule has 0 radical (unpaired) electrons. The number of hydroxylamine groups is 3. The first-order chi connectivity index (χ1) is 15.3. The second kappa shape index (κ2) is 8.84. The quantitative estimate of drug-likeness (QED) is 0.360. The Morgan fingerprint density at radius 1 is 1.36 bits per heavy atom. The van der Waals surface area contributed by atoms with E-state index in [2.05, 4.69) is 4.98 Å². The lowest BCUT2D eigenvalue weighted by atomic mass is 10.2. The summed E-state index contributed by atoms with van der Waals surface area (Å²) >= 11 is 6.00. The predicted octanol–water partition coefficient (Wildman–Crippen LogP) is 4.46. The minimum Gasteiger partial charge on any atom is -0.618 e. The van der Waals surface area contributed by atoms with Crippen molar-refractivity contribution in [2.75, 3.05) is 25.1 Å². The van der Waals surface area contributed by atoms with Crippen molar-refractivity contribution in [1.82, 2.24) is 4.98 Å². The third kappa shape index (κ3) is 4.99. The Kier molecular flexibility index (Phi) is 6.49. The highest BCUT2D eigenvalue weighted by Crippen LogP contribution is 2.41. The maximum absolute atomic E-state index is 14.6. The van der Waals surface area contributed by atoms with E-state index in [4.69, 9.17) is 26.2 Å². The van der Waals surface area contributed by atoms with Gasteiger partial charge in [0.2, 0.25) is 5.70 Å². The number of allylic oxidation sites excluding steroid dienone is 1. The highest BCUT2D eigenvalue weighted by molar-refractivity contribution is 6.32. The number of carbonyl (C=O) groups excluding carboxylic acids is 1. The van der Waals surface area contributed by atoms with Crippen molar-refractivity contribution in [2.45, 2.75) is 6.18 Å². The van der Waals surface area contributed by atoms with E-state index in [1.165, 1.54) is 18.3 Å². The standard InChI is InChI=1S/C19H14ClF4N3O6/c1-27(31)15(19(22,23)24)4-6-26(18(27)30)12-8-14(10(20)7-11(12)21)33-13-3-2-5-25-17(13)32-9-16(28)29/h2-5,7-8H,6,9H2,1H3,(H,28,29). The van der Waals surface area contributed by atoms with Crippen molar-refractivity contribution in [3.8, 4) is 17.4 Å². The van der Waals surface area contributed by atoms with Crippen molar-refractivity contribution in [1.29, 1.82) is 0 Å². The molecular weight excluding hydrogens is 478 g/mol. The first-order valence-electron chi connectivity index (χ1n) is 8.96. The van der Waals surface area contributed by atoms with Gasteiger partial charge in [-0.05, 0) is 18.2 Å². The number of ether oxygens (including phenoxy) is 2. The van der Waals surface area contributed by atoms with E-state index in [0.29, 0.717) is 18.0 Å². The third-order valence-corrected chi connectivity index (χ3v) is 4.69. The zero-order valence-electron chi connectivity index (χ0n) is 16.6. The van der Waals surface area contributed by atoms with E-state index < -0.39 is 53.2 Å². The Hall–Kier alpha value is -3.42. The van der Waals surface area contributed by atoms with Crippen molar-refractivity contribution in [3.05, 3.63) is 58.3 Å². The number of carboxylic acid groups (broad SMARTS) is 1. The van der Waals surface area contributed by atoms with E-state index >= 15 is 0 Å². The van der Waals surface area contributed by atoms with Crippen LogP contribution in [0.5, 0.6) is 17.4 Å². The number of amides is 2. The summed E-state index contributed by atoms with van der Waals surface area (Å²) < 4.78 is 62.0. The maximum atomic E-state index is 14.6. The number of carboxylic acids is 1. The van der Waals surface area contributed by atoms with E-state index in [-0.39, 0.29) is 22.4 Å². The highest BCUT2D eigenvalue weighted by atomic mass is 35.5. The van der Waals surface area contributed by atoms with Crippen molar-refractivity contribution < 1.29 is 46.4 Å². The topological polar surface area (TPSA) is 112 Å². The van der Waals surface area contributed by atoms with Crippen LogP contribution in [0, 0.1) is 11.0 Å². The van der Waals surface area contributed by atoms with E-state index in [1.807, 2.05) is 0 Å². The average molecular weight is 492 g/mol. The molecule has 1 unspecified atom stereocenters. The van der Waals surface area contributed by atoms with E-state index in [9.17, 15) is 32.4 Å². The SMILES string of the molecule is C[N+]1([O-])C(=O)N(c2cc(Oc3cccnc3OCC(=O)O)c(Cl)cc2F)CC=C1C(F)(F)F. The molecule has 176 valence electrons. The van der Waals surface area contributed by atoms with Crippen LogP contribution in [0.2, 0.25) is 5.02 Å². The zero-order valence-corrected chi connectivity index (χ0v) is 17.4. The van der Waals surface area contributed by atoms with Gasteiger partial charge in [-0.2, -0.15) is 13.2 Å². The summed E-state index contributed by atoms with van der Waals surface area (Å²) in [5, 5.41) is 20.9. The number of rotatable bonds is 6. The number of hydrogen-bond donors (Lipinski definition) is 1. The Morgan fingerprint density at radius 2 is 2.06 bits per heavy atom. The molecule has 1 aliphatic heterocycles. The lowest BCUT2D eigenvalue weighted by Crippen LogP contribution is -2.57. The molecule has 1 atom stereocenters. The van der Waals surface area contributed by atoms with Gasteiger partial charge in [0.25, 0.3) is 5.88 Å². The van der Waals surface area contributed by atoms with E-state index in [1.54, 1.807) is 0 Å². The fourth-order valence-corrected chi connectivity index (χ4v) is 3.13. The number of quaternary nitrogens is 1. The maximum Gasteiger partial charge on any atom is 0.467 e. The number of benzene rings is 1. The van der Waals surface area contributed by atoms with Crippen LogP contribution in [0.25, 0.3) is 0 Å². The number of alkyl halides is 3. The minimum absolute atomic E-state index is 0.119. The van der Waals surface area contributed by atoms with Crippen LogP contribution in [0.1, 0.15) is 0 Å². The molecule has 2 aromatic rings. The molecule has 33 heavy (non-hydrogen) atoms. The molecule has 1 aromatic carbocycles. The molecular formula is C19H14ClF4N3O6. The third-order valence-electron chi connectivity index (χ3n) is 4.39. The predicted molar refractivity (Wildman–Crippen MR) is 105 cm³/mol. The molecule has 2 heterocycles. The monoisotopic (exact) mass is 491 g/mol. The first kappa shape index (κ1) is 24.2. The van der Waals surface area contributed by atoms with Gasteiger partial charge in [0, 0.05) is 18.3 Å². The van der Waals surface area contributed by atoms with Gasteiger partial charge >= 0.3 is 18.2 Å². The van der Waals surface area contributed by atoms with Gasteiger partial charge < -0.3 is 19.8 Å². The fraction of sp³-hybridized carbons (Fsp3) is 0.211. The molecule has 0 saturated heterocycles. The summed E-state index contributed by atoms with van der Waals surface area (Å²) in [6.45, 7) is -1.48. The smallest absolute Gasteiger partial charge is 0.467 e. The number of urea groups is 1. The van der Waals surface area contributed by atoms with Gasteiger partial charge in [-0.25, -0.2) is 23.6 Å². The molecule has 1 aromatic heterocycles. The minimum atomic E-state index is -5.06. The van der Waals surface area contributed by atoms with Gasteiger partial charge in [-0.3, -0.25) is 4.90 Å². The van der Waals surface area contributed by atoms with Crippen molar-refractivity contribution >= 4 is 29.3 Å². The van der Waals surface area contributed by atoms with Crippen LogP contribution in [-0.4, -0.2) is 53.1 Å². The molecule has 14 heteroatoms. The van der Waals surface area contributed by atoms with Crippen molar-refractivity contribution in [3.63, 3.8) is 0 Å². The van der Waals surface area contributed by atoms with Crippen LogP contribution in [0.3, 0.4) is 0 Å². The molecule has 0 saturated carbocycles. The van der Waals surface area contributed by atoms with Crippen LogP contribution in [-0.2, 0) is 4.79 Å². The lowest BCUT2D eigenvalue weighted by molar-refractivity contribution is -0.748. The summed E-state index contributed by atoms with van der Waals surface area (Å²) in [5.41, 5.74) is -2.20. The molecule has 1 aliphatic rings. The number of pyridine rings is 1. The lowest BCUT2D eigenvalue weighted by Gasteiger charge is -2.43. The summed E-state index contributed by atoms with van der Waals surface area (Å²) in [4.78, 5) is 27.6. The second-order valence-electron chi connectivity index (χ2n) is 6.73. The molecule has 3 rings (SSSR count). The molecule has 1 N–H and O–H groups in total. The largest absolute Gasteiger partial charge is 0.618 e. The number of aromatic nitrogens is 1. The van der Waals surface area contributed by atoms with Gasteiger partial charge in [0.05, 0.1) is 24.3 Å². The molecule has 0 bridgehead atoms. The number of nitrogens with zero attached hydrogens (tertiary/aromatic N) is 3. The number of aliphatic carboxylic acids is 1. The van der Waals surface area contributed by atoms with E-state index in [0.717, 1.165) is 12.1 Å². The van der Waals surface area contributed by atoms with Gasteiger partial charge in [0.1, 0.15) is 11.6 Å². The molecule has 0 spiro atoms. The molecule has 0 aliphatic carbocycles. The molecule has 9 nitrogen and oxygen atoms in total. The van der Waals surface area contributed by atoms with Crippen molar-refractivity contribution in [2.24, 2.45) is 0 Å². The fourth-order valence-electron chi connectivity index (χ4n) is 2.94. The zero-order chi connectivity index (χ0) is 24.6.